The van der Waals surface area contributed by atoms with Crippen LogP contribution in [0.2, 0.25) is 0 Å². The van der Waals surface area contributed by atoms with E-state index in [1.165, 1.54) is 5.56 Å². The largest absolute Gasteiger partial charge is 0.378 e. The lowest BCUT2D eigenvalue weighted by molar-refractivity contribution is 0.122. The van der Waals surface area contributed by atoms with Gasteiger partial charge in [-0.1, -0.05) is 6.92 Å². The summed E-state index contributed by atoms with van der Waals surface area (Å²) >= 11 is 0. The number of nitrogens with one attached hydrogen (secondary N) is 2. The second kappa shape index (κ2) is 10.9. The van der Waals surface area contributed by atoms with Crippen LogP contribution in [-0.4, -0.2) is 65.4 Å². The number of amides is 2. The Morgan fingerprint density at radius 1 is 1.00 bits per heavy atom. The highest BCUT2D eigenvalue weighted by Crippen LogP contribution is 2.31. The molecule has 1 saturated heterocycles. The number of carbonyl (C=O) groups excluding carboxylic acids is 1. The zero-order valence-electron chi connectivity index (χ0n) is 20.8. The maximum Gasteiger partial charge on any atom is 0.319 e. The molecular weight excluding hydrogens is 456 g/mol. The highest BCUT2D eigenvalue weighted by atomic mass is 16.5. The van der Waals surface area contributed by atoms with E-state index in [9.17, 15) is 4.79 Å². The first-order chi connectivity index (χ1) is 17.6. The number of hydrogen-bond acceptors (Lipinski definition) is 8. The molecule has 0 saturated carbocycles. The van der Waals surface area contributed by atoms with Crippen LogP contribution in [0.1, 0.15) is 30.7 Å². The SMILES string of the molecule is CCNC(=O)Nc1ccc(-c2nc3c(c(N4CCOCC4)n2)CCN(c2ncc(CC)cn2)C3)cc1. The van der Waals surface area contributed by atoms with Gasteiger partial charge in [0.1, 0.15) is 5.82 Å². The molecule has 2 aromatic heterocycles. The maximum atomic E-state index is 11.9. The van der Waals surface area contributed by atoms with Crippen LogP contribution < -0.4 is 20.4 Å². The number of carbonyl (C=O) groups is 1. The van der Waals surface area contributed by atoms with Crippen LogP contribution in [-0.2, 0) is 24.1 Å². The highest BCUT2D eigenvalue weighted by Gasteiger charge is 2.27. The number of urea groups is 1. The van der Waals surface area contributed by atoms with Gasteiger partial charge in [-0.2, -0.15) is 0 Å². The van der Waals surface area contributed by atoms with Crippen molar-refractivity contribution in [2.75, 3.05) is 54.5 Å². The molecule has 1 fully saturated rings. The van der Waals surface area contributed by atoms with Crippen LogP contribution in [0.15, 0.2) is 36.7 Å². The number of benzene rings is 1. The van der Waals surface area contributed by atoms with E-state index in [4.69, 9.17) is 14.7 Å². The van der Waals surface area contributed by atoms with Crippen molar-refractivity contribution in [3.63, 3.8) is 0 Å². The lowest BCUT2D eigenvalue weighted by Crippen LogP contribution is -2.40. The van der Waals surface area contributed by atoms with E-state index in [0.717, 1.165) is 66.8 Å². The van der Waals surface area contributed by atoms with Crippen molar-refractivity contribution >= 4 is 23.5 Å². The predicted molar refractivity (Wildman–Crippen MR) is 139 cm³/mol. The molecule has 10 heteroatoms. The summed E-state index contributed by atoms with van der Waals surface area (Å²) in [6.45, 7) is 9.01. The summed E-state index contributed by atoms with van der Waals surface area (Å²) in [5.74, 6) is 2.39. The second-order valence-corrected chi connectivity index (χ2v) is 8.87. The van der Waals surface area contributed by atoms with Crippen LogP contribution in [0.3, 0.4) is 0 Å². The molecule has 0 aliphatic carbocycles. The zero-order chi connectivity index (χ0) is 24.9. The summed E-state index contributed by atoms with van der Waals surface area (Å²) in [6.07, 6.45) is 5.55. The Labute approximate surface area is 211 Å². The molecule has 188 valence electrons. The first kappa shape index (κ1) is 23.9. The summed E-state index contributed by atoms with van der Waals surface area (Å²) in [5.41, 5.74) is 4.93. The normalized spacial score (nSPS) is 15.4. The highest BCUT2D eigenvalue weighted by molar-refractivity contribution is 5.89. The Morgan fingerprint density at radius 3 is 2.44 bits per heavy atom. The maximum absolute atomic E-state index is 11.9. The van der Waals surface area contributed by atoms with E-state index in [1.54, 1.807) is 0 Å². The molecule has 0 bridgehead atoms. The van der Waals surface area contributed by atoms with E-state index < -0.39 is 0 Å². The molecule has 0 atom stereocenters. The van der Waals surface area contributed by atoms with Gasteiger partial charge in [-0.3, -0.25) is 0 Å². The summed E-state index contributed by atoms with van der Waals surface area (Å²) < 4.78 is 5.59. The van der Waals surface area contributed by atoms with Gasteiger partial charge >= 0.3 is 6.03 Å². The molecular formula is C26H32N8O2. The molecule has 2 N–H and O–H groups in total. The molecule has 0 radical (unpaired) electrons. The third-order valence-corrected chi connectivity index (χ3v) is 6.47. The summed E-state index contributed by atoms with van der Waals surface area (Å²) in [4.78, 5) is 35.6. The molecule has 10 nitrogen and oxygen atoms in total. The van der Waals surface area contributed by atoms with Gasteiger partial charge in [-0.25, -0.2) is 24.7 Å². The third kappa shape index (κ3) is 5.23. The smallest absolute Gasteiger partial charge is 0.319 e. The number of nitrogens with zero attached hydrogens (tertiary/aromatic N) is 6. The number of morpholine rings is 1. The number of fused-ring (bicyclic) bond motifs is 1. The Kier molecular flexibility index (Phi) is 7.22. The van der Waals surface area contributed by atoms with E-state index >= 15 is 0 Å². The predicted octanol–water partition coefficient (Wildman–Crippen LogP) is 3.04. The Balaban J connectivity index is 1.46. The lowest BCUT2D eigenvalue weighted by Gasteiger charge is -2.34. The molecule has 3 aromatic rings. The Bertz CT molecular complexity index is 1190. The summed E-state index contributed by atoms with van der Waals surface area (Å²) in [7, 11) is 0. The van der Waals surface area contributed by atoms with Crippen molar-refractivity contribution in [1.29, 1.82) is 0 Å². The fourth-order valence-corrected chi connectivity index (χ4v) is 4.48. The van der Waals surface area contributed by atoms with Crippen molar-refractivity contribution < 1.29 is 9.53 Å². The van der Waals surface area contributed by atoms with E-state index in [-0.39, 0.29) is 6.03 Å². The van der Waals surface area contributed by atoms with Crippen LogP contribution in [0, 0.1) is 0 Å². The molecule has 5 rings (SSSR count). The van der Waals surface area contributed by atoms with E-state index in [0.29, 0.717) is 32.1 Å². The van der Waals surface area contributed by atoms with Crippen molar-refractivity contribution in [3.05, 3.63) is 53.5 Å². The minimum absolute atomic E-state index is 0.223. The number of ether oxygens (including phenoxy) is 1. The number of rotatable bonds is 6. The van der Waals surface area contributed by atoms with Crippen LogP contribution in [0.25, 0.3) is 11.4 Å². The van der Waals surface area contributed by atoms with Gasteiger partial charge in [0.25, 0.3) is 0 Å². The standard InChI is InChI=1S/C26H32N8O2/c1-3-18-15-28-25(29-16-18)34-10-9-21-22(17-34)31-23(32-24(21)33-11-13-36-14-12-33)19-5-7-20(8-6-19)30-26(35)27-4-2/h5-8,15-16H,3-4,9-14,17H2,1-2H3,(H2,27,30,35). The van der Waals surface area contributed by atoms with Gasteiger partial charge in [-0.05, 0) is 49.6 Å². The minimum Gasteiger partial charge on any atom is -0.378 e. The number of aromatic nitrogens is 4. The van der Waals surface area contributed by atoms with Crippen LogP contribution in [0.5, 0.6) is 0 Å². The van der Waals surface area contributed by atoms with Crippen LogP contribution in [0.4, 0.5) is 22.2 Å². The van der Waals surface area contributed by atoms with Gasteiger partial charge in [0.15, 0.2) is 5.82 Å². The fourth-order valence-electron chi connectivity index (χ4n) is 4.48. The Hall–Kier alpha value is -3.79. The average Bonchev–Trinajstić information content (AvgIpc) is 2.93. The first-order valence-electron chi connectivity index (χ1n) is 12.6. The molecule has 4 heterocycles. The van der Waals surface area contributed by atoms with Crippen LogP contribution >= 0.6 is 0 Å². The monoisotopic (exact) mass is 488 g/mol. The van der Waals surface area contributed by atoms with Gasteiger partial charge in [0.2, 0.25) is 5.95 Å². The van der Waals surface area contributed by atoms with E-state index in [2.05, 4.69) is 37.3 Å². The molecule has 36 heavy (non-hydrogen) atoms. The number of anilines is 3. The number of hydrogen-bond donors (Lipinski definition) is 2. The molecule has 2 aliphatic heterocycles. The number of aryl methyl sites for hydroxylation is 1. The summed E-state index contributed by atoms with van der Waals surface area (Å²) in [6, 6.07) is 7.41. The van der Waals surface area contributed by atoms with Gasteiger partial charge < -0.3 is 25.2 Å². The Morgan fingerprint density at radius 2 is 1.75 bits per heavy atom. The minimum atomic E-state index is -0.223. The lowest BCUT2D eigenvalue weighted by atomic mass is 10.0. The van der Waals surface area contributed by atoms with E-state index in [1.807, 2.05) is 43.6 Å². The van der Waals surface area contributed by atoms with Crippen molar-refractivity contribution in [1.82, 2.24) is 25.3 Å². The average molecular weight is 489 g/mol. The molecule has 2 aliphatic rings. The topological polar surface area (TPSA) is 108 Å². The molecule has 1 aromatic carbocycles. The summed E-state index contributed by atoms with van der Waals surface area (Å²) in [5, 5.41) is 5.57. The quantitative estimate of drug-likeness (QED) is 0.545. The van der Waals surface area contributed by atoms with Crippen molar-refractivity contribution in [3.8, 4) is 11.4 Å². The molecule has 2 amide bonds. The third-order valence-electron chi connectivity index (χ3n) is 6.47. The first-order valence-corrected chi connectivity index (χ1v) is 12.6. The van der Waals surface area contributed by atoms with Gasteiger partial charge in [0, 0.05) is 55.4 Å². The van der Waals surface area contributed by atoms with Crippen molar-refractivity contribution in [2.45, 2.75) is 33.2 Å². The van der Waals surface area contributed by atoms with Gasteiger partial charge in [0.05, 0.1) is 25.5 Å². The molecule has 0 spiro atoms. The second-order valence-electron chi connectivity index (χ2n) is 8.87. The molecule has 0 unspecified atom stereocenters. The van der Waals surface area contributed by atoms with Gasteiger partial charge in [-0.15, -0.1) is 0 Å². The van der Waals surface area contributed by atoms with Crippen molar-refractivity contribution in [2.24, 2.45) is 0 Å². The fraction of sp³-hybridized carbons (Fsp3) is 0.423. The zero-order valence-corrected chi connectivity index (χ0v) is 20.8.